The third-order valence-corrected chi connectivity index (χ3v) is 3.74. The van der Waals surface area contributed by atoms with E-state index >= 15 is 0 Å². The number of amides is 1. The van der Waals surface area contributed by atoms with Crippen LogP contribution in [0.3, 0.4) is 0 Å². The number of carbonyl (C=O) groups excluding carboxylic acids is 1. The Morgan fingerprint density at radius 1 is 1.33 bits per heavy atom. The molecule has 0 saturated heterocycles. The lowest BCUT2D eigenvalue weighted by Gasteiger charge is -2.26. The number of ether oxygens (including phenoxy) is 1. The Hall–Kier alpha value is -1.37. The van der Waals surface area contributed by atoms with Gasteiger partial charge in [-0.1, -0.05) is 11.6 Å². The highest BCUT2D eigenvalue weighted by molar-refractivity contribution is 7.07. The van der Waals surface area contributed by atoms with E-state index in [-0.39, 0.29) is 29.0 Å². The Kier molecular flexibility index (Phi) is 5.39. The van der Waals surface area contributed by atoms with Crippen LogP contribution in [0.5, 0.6) is 5.19 Å². The molecule has 0 N–H and O–H groups in total. The summed E-state index contributed by atoms with van der Waals surface area (Å²) < 4.78 is 9.08. The number of hydrogen-bond donors (Lipinski definition) is 0. The molecular weight excluding hydrogens is 333 g/mol. The lowest BCUT2D eigenvalue weighted by Crippen LogP contribution is -2.40. The SMILES string of the molecule is CC(C)N(C(=O)COc1nc(Cl)ns1)c1ccc(Cl)cc1. The maximum absolute atomic E-state index is 12.3. The zero-order valence-electron chi connectivity index (χ0n) is 11.4. The minimum atomic E-state index is -0.182. The molecule has 0 radical (unpaired) electrons. The van der Waals surface area contributed by atoms with E-state index in [1.807, 2.05) is 13.8 Å². The van der Waals surface area contributed by atoms with Gasteiger partial charge in [0.1, 0.15) is 0 Å². The number of halogens is 2. The minimum absolute atomic E-state index is 0.0136. The van der Waals surface area contributed by atoms with Gasteiger partial charge in [0, 0.05) is 28.3 Å². The number of benzene rings is 1. The number of nitrogens with zero attached hydrogens (tertiary/aromatic N) is 3. The number of carbonyl (C=O) groups is 1. The maximum Gasteiger partial charge on any atom is 0.294 e. The zero-order valence-corrected chi connectivity index (χ0v) is 13.7. The molecule has 5 nitrogen and oxygen atoms in total. The fraction of sp³-hybridized carbons (Fsp3) is 0.308. The molecule has 1 aromatic carbocycles. The summed E-state index contributed by atoms with van der Waals surface area (Å²) in [7, 11) is 0. The molecule has 0 aliphatic carbocycles. The fourth-order valence-electron chi connectivity index (χ4n) is 1.78. The van der Waals surface area contributed by atoms with Crippen molar-refractivity contribution in [3.8, 4) is 5.19 Å². The van der Waals surface area contributed by atoms with E-state index < -0.39 is 0 Å². The van der Waals surface area contributed by atoms with E-state index in [4.69, 9.17) is 27.9 Å². The topological polar surface area (TPSA) is 55.3 Å². The first-order valence-electron chi connectivity index (χ1n) is 6.17. The van der Waals surface area contributed by atoms with Gasteiger partial charge in [-0.3, -0.25) is 4.79 Å². The van der Waals surface area contributed by atoms with Crippen molar-refractivity contribution in [2.45, 2.75) is 19.9 Å². The molecule has 1 amide bonds. The monoisotopic (exact) mass is 345 g/mol. The first-order chi connectivity index (χ1) is 9.97. The quantitative estimate of drug-likeness (QED) is 0.829. The molecule has 1 aromatic heterocycles. The van der Waals surface area contributed by atoms with Crippen molar-refractivity contribution in [3.05, 3.63) is 34.6 Å². The minimum Gasteiger partial charge on any atom is -0.459 e. The Balaban J connectivity index is 2.07. The van der Waals surface area contributed by atoms with Crippen molar-refractivity contribution in [1.29, 1.82) is 0 Å². The normalized spacial score (nSPS) is 10.7. The van der Waals surface area contributed by atoms with Crippen LogP contribution < -0.4 is 9.64 Å². The molecule has 2 aromatic rings. The van der Waals surface area contributed by atoms with Crippen LogP contribution in [0.2, 0.25) is 10.3 Å². The molecular formula is C13H13Cl2N3O2S. The van der Waals surface area contributed by atoms with Gasteiger partial charge in [-0.15, -0.1) is 0 Å². The summed E-state index contributed by atoms with van der Waals surface area (Å²) in [4.78, 5) is 17.8. The highest BCUT2D eigenvalue weighted by Gasteiger charge is 2.20. The first kappa shape index (κ1) is 16.0. The van der Waals surface area contributed by atoms with Crippen LogP contribution in [-0.2, 0) is 4.79 Å². The highest BCUT2D eigenvalue weighted by Crippen LogP contribution is 2.21. The Bertz CT molecular complexity index is 616. The molecule has 0 aliphatic heterocycles. The van der Waals surface area contributed by atoms with E-state index in [1.165, 1.54) is 0 Å². The van der Waals surface area contributed by atoms with Crippen LogP contribution in [0.25, 0.3) is 0 Å². The third-order valence-electron chi connectivity index (χ3n) is 2.59. The molecule has 0 saturated carbocycles. The standard InChI is InChI=1S/C13H13Cl2N3O2S/c1-8(2)18(10-5-3-9(14)4-6-10)11(19)7-20-13-16-12(15)17-21-13/h3-6,8H,7H2,1-2H3. The number of hydrogen-bond acceptors (Lipinski definition) is 5. The van der Waals surface area contributed by atoms with Crippen LogP contribution in [0, 0.1) is 0 Å². The van der Waals surface area contributed by atoms with Gasteiger partial charge in [0.15, 0.2) is 6.61 Å². The van der Waals surface area contributed by atoms with Gasteiger partial charge in [0.05, 0.1) is 0 Å². The number of rotatable bonds is 5. The van der Waals surface area contributed by atoms with Crippen molar-refractivity contribution in [1.82, 2.24) is 9.36 Å². The summed E-state index contributed by atoms with van der Waals surface area (Å²) in [5.41, 5.74) is 0.762. The first-order valence-corrected chi connectivity index (χ1v) is 7.70. The zero-order chi connectivity index (χ0) is 15.4. The molecule has 0 atom stereocenters. The van der Waals surface area contributed by atoms with Crippen molar-refractivity contribution in [3.63, 3.8) is 0 Å². The van der Waals surface area contributed by atoms with Gasteiger partial charge < -0.3 is 9.64 Å². The number of aromatic nitrogens is 2. The molecule has 2 rings (SSSR count). The summed E-state index contributed by atoms with van der Waals surface area (Å²) in [5.74, 6) is -0.182. The van der Waals surface area contributed by atoms with Gasteiger partial charge in [-0.05, 0) is 49.7 Å². The second-order valence-corrected chi connectivity index (χ2v) is 5.94. The Morgan fingerprint density at radius 3 is 2.52 bits per heavy atom. The van der Waals surface area contributed by atoms with Gasteiger partial charge in [-0.2, -0.15) is 9.36 Å². The average molecular weight is 346 g/mol. The second-order valence-electron chi connectivity index (χ2n) is 4.45. The molecule has 21 heavy (non-hydrogen) atoms. The molecule has 0 aliphatic rings. The summed E-state index contributed by atoms with van der Waals surface area (Å²) >= 11 is 12.5. The van der Waals surface area contributed by atoms with Crippen LogP contribution in [0.4, 0.5) is 5.69 Å². The van der Waals surface area contributed by atoms with Gasteiger partial charge in [-0.25, -0.2) is 0 Å². The predicted octanol–water partition coefficient (Wildman–Crippen LogP) is 3.67. The van der Waals surface area contributed by atoms with Gasteiger partial charge in [0.2, 0.25) is 5.28 Å². The predicted molar refractivity (Wildman–Crippen MR) is 84.5 cm³/mol. The third kappa shape index (κ3) is 4.30. The van der Waals surface area contributed by atoms with Gasteiger partial charge >= 0.3 is 0 Å². The molecule has 0 unspecified atom stereocenters. The molecule has 0 fully saturated rings. The largest absolute Gasteiger partial charge is 0.459 e. The van der Waals surface area contributed by atoms with Crippen molar-refractivity contribution < 1.29 is 9.53 Å². The van der Waals surface area contributed by atoms with Crippen molar-refractivity contribution in [2.24, 2.45) is 0 Å². The lowest BCUT2D eigenvalue weighted by atomic mass is 10.2. The molecule has 0 bridgehead atoms. The van der Waals surface area contributed by atoms with E-state index in [9.17, 15) is 4.79 Å². The highest BCUT2D eigenvalue weighted by atomic mass is 35.5. The van der Waals surface area contributed by atoms with Gasteiger partial charge in [0.25, 0.3) is 11.1 Å². The summed E-state index contributed by atoms with van der Waals surface area (Å²) in [5, 5.41) is 1.00. The smallest absolute Gasteiger partial charge is 0.294 e. The van der Waals surface area contributed by atoms with Crippen LogP contribution in [-0.4, -0.2) is 27.9 Å². The summed E-state index contributed by atoms with van der Waals surface area (Å²) in [6.45, 7) is 3.72. The van der Waals surface area contributed by atoms with E-state index in [0.717, 1.165) is 17.2 Å². The Morgan fingerprint density at radius 2 is 2.00 bits per heavy atom. The van der Waals surface area contributed by atoms with E-state index in [0.29, 0.717) is 5.02 Å². The van der Waals surface area contributed by atoms with Crippen LogP contribution in [0.1, 0.15) is 13.8 Å². The van der Waals surface area contributed by atoms with E-state index in [1.54, 1.807) is 29.2 Å². The van der Waals surface area contributed by atoms with Crippen LogP contribution >= 0.6 is 34.7 Å². The molecule has 112 valence electrons. The second kappa shape index (κ2) is 7.06. The molecule has 0 spiro atoms. The average Bonchev–Trinajstić information content (AvgIpc) is 2.84. The summed E-state index contributed by atoms with van der Waals surface area (Å²) in [6, 6.07) is 7.06. The van der Waals surface area contributed by atoms with E-state index in [2.05, 4.69) is 9.36 Å². The van der Waals surface area contributed by atoms with Crippen molar-refractivity contribution >= 4 is 46.3 Å². The Labute approximate surface area is 136 Å². The summed E-state index contributed by atoms with van der Waals surface area (Å²) in [6.07, 6.45) is 0. The molecule has 8 heteroatoms. The lowest BCUT2D eigenvalue weighted by molar-refractivity contribution is -0.120. The van der Waals surface area contributed by atoms with Crippen molar-refractivity contribution in [2.75, 3.05) is 11.5 Å². The fourth-order valence-corrected chi connectivity index (χ4v) is 2.57. The molecule has 1 heterocycles. The maximum atomic E-state index is 12.3. The number of anilines is 1. The van der Waals surface area contributed by atoms with Crippen LogP contribution in [0.15, 0.2) is 24.3 Å².